The largest absolute Gasteiger partial charge is 0.496 e. The first-order valence-electron chi connectivity index (χ1n) is 9.94. The molecule has 0 bridgehead atoms. The van der Waals surface area contributed by atoms with Crippen LogP contribution < -0.4 is 20.1 Å². The maximum Gasteiger partial charge on any atom is 0.250 e. The van der Waals surface area contributed by atoms with Gasteiger partial charge in [0, 0.05) is 23.9 Å². The third-order valence-corrected chi connectivity index (χ3v) is 6.14. The fourth-order valence-electron chi connectivity index (χ4n) is 2.86. The summed E-state index contributed by atoms with van der Waals surface area (Å²) in [5, 5.41) is 5.48. The molecule has 0 atom stereocenters. The summed E-state index contributed by atoms with van der Waals surface area (Å²) in [4.78, 5) is 12.3. The van der Waals surface area contributed by atoms with Crippen molar-refractivity contribution in [3.05, 3.63) is 96.1 Å². The summed E-state index contributed by atoms with van der Waals surface area (Å²) in [6.07, 6.45) is 2.97. The molecule has 3 N–H and O–H groups in total. The lowest BCUT2D eigenvalue weighted by molar-refractivity contribution is -0.115. The molecule has 0 radical (unpaired) electrons. The number of benzene rings is 3. The van der Waals surface area contributed by atoms with E-state index in [9.17, 15) is 13.2 Å². The summed E-state index contributed by atoms with van der Waals surface area (Å²) in [5.74, 6) is 0.235. The van der Waals surface area contributed by atoms with E-state index in [2.05, 4.69) is 15.4 Å². The number of amides is 1. The number of para-hydroxylation sites is 1. The van der Waals surface area contributed by atoms with Crippen molar-refractivity contribution in [2.45, 2.75) is 11.4 Å². The molecule has 170 valence electrons. The number of nitrogens with one attached hydrogen (secondary N) is 3. The van der Waals surface area contributed by atoms with Gasteiger partial charge in [0.05, 0.1) is 12.0 Å². The lowest BCUT2D eigenvalue weighted by Crippen LogP contribution is -2.32. The highest BCUT2D eigenvalue weighted by Crippen LogP contribution is 2.18. The summed E-state index contributed by atoms with van der Waals surface area (Å²) in [7, 11) is -2.10. The van der Waals surface area contributed by atoms with Crippen LogP contribution in [0.4, 0.5) is 5.69 Å². The maximum atomic E-state index is 12.5. The van der Waals surface area contributed by atoms with Gasteiger partial charge in [0.2, 0.25) is 15.9 Å². The van der Waals surface area contributed by atoms with Crippen molar-refractivity contribution in [2.75, 3.05) is 12.4 Å². The van der Waals surface area contributed by atoms with Gasteiger partial charge in [-0.3, -0.25) is 10.1 Å². The molecule has 0 heterocycles. The van der Waals surface area contributed by atoms with Gasteiger partial charge in [-0.15, -0.1) is 0 Å². The van der Waals surface area contributed by atoms with Gasteiger partial charge in [0.15, 0.2) is 5.11 Å². The van der Waals surface area contributed by atoms with Gasteiger partial charge >= 0.3 is 0 Å². The van der Waals surface area contributed by atoms with E-state index in [1.54, 1.807) is 31.4 Å². The first-order valence-corrected chi connectivity index (χ1v) is 11.8. The van der Waals surface area contributed by atoms with Gasteiger partial charge in [0.1, 0.15) is 5.75 Å². The van der Waals surface area contributed by atoms with E-state index in [0.717, 1.165) is 11.1 Å². The van der Waals surface area contributed by atoms with Crippen molar-refractivity contribution in [2.24, 2.45) is 0 Å². The Balaban J connectivity index is 1.54. The van der Waals surface area contributed by atoms with Crippen LogP contribution in [0.15, 0.2) is 89.8 Å². The lowest BCUT2D eigenvalue weighted by atomic mass is 10.2. The molecule has 0 aliphatic heterocycles. The van der Waals surface area contributed by atoms with Crippen LogP contribution in [0.1, 0.15) is 11.1 Å². The second-order valence-corrected chi connectivity index (χ2v) is 9.03. The van der Waals surface area contributed by atoms with E-state index >= 15 is 0 Å². The van der Waals surface area contributed by atoms with Gasteiger partial charge in [-0.05, 0) is 54.2 Å². The van der Waals surface area contributed by atoms with E-state index in [4.69, 9.17) is 17.0 Å². The summed E-state index contributed by atoms with van der Waals surface area (Å²) < 4.78 is 32.8. The van der Waals surface area contributed by atoms with E-state index in [0.29, 0.717) is 11.4 Å². The minimum Gasteiger partial charge on any atom is -0.496 e. The third kappa shape index (κ3) is 7.25. The number of anilines is 1. The number of thiocarbonyl (C=S) groups is 1. The first-order chi connectivity index (χ1) is 15.9. The van der Waals surface area contributed by atoms with Gasteiger partial charge in [-0.25, -0.2) is 13.1 Å². The molecule has 3 rings (SSSR count). The fourth-order valence-corrected chi connectivity index (χ4v) is 4.10. The smallest absolute Gasteiger partial charge is 0.250 e. The highest BCUT2D eigenvalue weighted by atomic mass is 32.2. The van der Waals surface area contributed by atoms with Crippen LogP contribution in [0.3, 0.4) is 0 Å². The normalized spacial score (nSPS) is 11.2. The van der Waals surface area contributed by atoms with Crippen molar-refractivity contribution in [3.63, 3.8) is 0 Å². The molecule has 0 saturated heterocycles. The van der Waals surface area contributed by atoms with Crippen LogP contribution in [0, 0.1) is 0 Å². The number of methoxy groups -OCH3 is 1. The Morgan fingerprint density at radius 2 is 1.64 bits per heavy atom. The summed E-state index contributed by atoms with van der Waals surface area (Å²) >= 11 is 5.16. The molecule has 1 amide bonds. The minimum atomic E-state index is -3.66. The van der Waals surface area contributed by atoms with Gasteiger partial charge in [-0.1, -0.05) is 48.5 Å². The summed E-state index contributed by atoms with van der Waals surface area (Å²) in [6, 6.07) is 22.6. The van der Waals surface area contributed by atoms with E-state index in [1.165, 1.54) is 18.2 Å². The molecule has 7 nitrogen and oxygen atoms in total. The predicted molar refractivity (Wildman–Crippen MR) is 133 cm³/mol. The Bertz CT molecular complexity index is 1240. The molecule has 0 fully saturated rings. The number of ether oxygens (including phenoxy) is 1. The van der Waals surface area contributed by atoms with Crippen LogP contribution in [0.5, 0.6) is 5.75 Å². The van der Waals surface area contributed by atoms with Gasteiger partial charge in [0.25, 0.3) is 0 Å². The molecular formula is C24H23N3O4S2. The number of carbonyl (C=O) groups is 1. The highest BCUT2D eigenvalue weighted by molar-refractivity contribution is 7.89. The quantitative estimate of drug-likeness (QED) is 0.335. The molecular weight excluding hydrogens is 458 g/mol. The average Bonchev–Trinajstić information content (AvgIpc) is 2.82. The summed E-state index contributed by atoms with van der Waals surface area (Å²) in [6.45, 7) is 0.196. The summed E-state index contributed by atoms with van der Waals surface area (Å²) in [5.41, 5.74) is 2.16. The van der Waals surface area contributed by atoms with Crippen LogP contribution in [0.2, 0.25) is 0 Å². The first kappa shape index (κ1) is 24.1. The van der Waals surface area contributed by atoms with E-state index in [1.807, 2.05) is 48.5 Å². The Kier molecular flexibility index (Phi) is 8.31. The number of hydrogen-bond donors (Lipinski definition) is 3. The zero-order chi connectivity index (χ0) is 23.7. The topological polar surface area (TPSA) is 96.5 Å². The zero-order valence-corrected chi connectivity index (χ0v) is 19.4. The van der Waals surface area contributed by atoms with Crippen LogP contribution in [-0.4, -0.2) is 26.5 Å². The fraction of sp³-hybridized carbons (Fsp3) is 0.0833. The Hall–Kier alpha value is -3.53. The van der Waals surface area contributed by atoms with E-state index in [-0.39, 0.29) is 16.6 Å². The van der Waals surface area contributed by atoms with E-state index < -0.39 is 15.9 Å². The molecule has 0 aliphatic carbocycles. The molecule has 0 unspecified atom stereocenters. The number of hydrogen-bond acceptors (Lipinski definition) is 5. The molecule has 0 saturated carbocycles. The second kappa shape index (κ2) is 11.4. The molecule has 0 spiro atoms. The maximum absolute atomic E-state index is 12.5. The standard InChI is InChI=1S/C24H23N3O4S2/c1-31-22-10-6-5-9-19(22)11-16-23(28)27-24(32)26-20-12-14-21(15-13-20)33(29,30)25-17-18-7-3-2-4-8-18/h2-16,25H,17H2,1H3,(H2,26,27,28,32)/b16-11+. The predicted octanol–water partition coefficient (Wildman–Crippen LogP) is 3.70. The van der Waals surface area contributed by atoms with Crippen molar-refractivity contribution in [1.29, 1.82) is 0 Å². The molecule has 0 aromatic heterocycles. The number of sulfonamides is 1. The van der Waals surface area contributed by atoms with Crippen LogP contribution >= 0.6 is 12.2 Å². The SMILES string of the molecule is COc1ccccc1/C=C/C(=O)NC(=S)Nc1ccc(S(=O)(=O)NCc2ccccc2)cc1. The third-order valence-electron chi connectivity index (χ3n) is 4.52. The molecule has 0 aliphatic rings. The Morgan fingerprint density at radius 1 is 0.970 bits per heavy atom. The highest BCUT2D eigenvalue weighted by Gasteiger charge is 2.13. The van der Waals surface area contributed by atoms with Gasteiger partial charge < -0.3 is 10.1 Å². The Labute approximate surface area is 198 Å². The molecule has 3 aromatic rings. The molecule has 3 aromatic carbocycles. The monoisotopic (exact) mass is 481 g/mol. The van der Waals surface area contributed by atoms with Crippen LogP contribution in [0.25, 0.3) is 6.08 Å². The van der Waals surface area contributed by atoms with Crippen molar-refractivity contribution >= 4 is 45.0 Å². The number of rotatable bonds is 8. The van der Waals surface area contributed by atoms with Crippen molar-refractivity contribution in [3.8, 4) is 5.75 Å². The minimum absolute atomic E-state index is 0.0856. The van der Waals surface area contributed by atoms with Crippen molar-refractivity contribution < 1.29 is 17.9 Å². The lowest BCUT2D eigenvalue weighted by Gasteiger charge is -2.10. The Morgan fingerprint density at radius 3 is 2.33 bits per heavy atom. The molecule has 9 heteroatoms. The molecule has 33 heavy (non-hydrogen) atoms. The van der Waals surface area contributed by atoms with Gasteiger partial charge in [-0.2, -0.15) is 0 Å². The average molecular weight is 482 g/mol. The van der Waals surface area contributed by atoms with Crippen molar-refractivity contribution in [1.82, 2.24) is 10.0 Å². The second-order valence-electron chi connectivity index (χ2n) is 6.85. The number of carbonyl (C=O) groups excluding carboxylic acids is 1. The van der Waals surface area contributed by atoms with Crippen LogP contribution in [-0.2, 0) is 21.4 Å². The zero-order valence-electron chi connectivity index (χ0n) is 17.8.